The van der Waals surface area contributed by atoms with Crippen molar-refractivity contribution in [3.05, 3.63) is 84.2 Å². The third-order valence-electron chi connectivity index (χ3n) is 6.86. The van der Waals surface area contributed by atoms with Crippen LogP contribution < -0.4 is 0 Å². The zero-order chi connectivity index (χ0) is 23.2. The lowest BCUT2D eigenvalue weighted by Gasteiger charge is -2.39. The van der Waals surface area contributed by atoms with Gasteiger partial charge >= 0.3 is 5.97 Å². The molecule has 2 fully saturated rings. The summed E-state index contributed by atoms with van der Waals surface area (Å²) in [6.07, 6.45) is 3.11. The number of nitrogens with zero attached hydrogens (tertiary/aromatic N) is 4. The molecule has 1 unspecified atom stereocenters. The van der Waals surface area contributed by atoms with Crippen LogP contribution in [0.5, 0.6) is 0 Å². The second-order valence-electron chi connectivity index (χ2n) is 8.86. The van der Waals surface area contributed by atoms with Crippen LogP contribution in [0.1, 0.15) is 30.6 Å². The molecule has 2 aliphatic heterocycles. The van der Waals surface area contributed by atoms with Crippen LogP contribution in [0, 0.1) is 0 Å². The first kappa shape index (κ1) is 21.5. The fourth-order valence-corrected chi connectivity index (χ4v) is 7.70. The maximum absolute atomic E-state index is 13.9. The molecule has 0 aliphatic carbocycles. The second kappa shape index (κ2) is 7.88. The monoisotopic (exact) mass is 462 g/mol. The van der Waals surface area contributed by atoms with Gasteiger partial charge in [0.15, 0.2) is 6.10 Å². The number of hydrogen-bond acceptors (Lipinski definition) is 5. The summed E-state index contributed by atoms with van der Waals surface area (Å²) in [5.74, 6) is 8.40. The lowest BCUT2D eigenvalue weighted by Crippen LogP contribution is -2.58. The van der Waals surface area contributed by atoms with E-state index in [1.807, 2.05) is 67.6 Å². The molecule has 3 atom stereocenters. The minimum absolute atomic E-state index is 0.0654. The molecule has 0 bridgehead atoms. The van der Waals surface area contributed by atoms with Gasteiger partial charge in [0.05, 0.1) is 29.3 Å². The minimum atomic E-state index is -1.88. The molecular formula is C25H26N4O3S. The Bertz CT molecular complexity index is 1240. The second-order valence-corrected chi connectivity index (χ2v) is 12.2. The molecule has 0 spiro atoms. The molecule has 2 saturated heterocycles. The maximum Gasteiger partial charge on any atom is 0.331 e. The van der Waals surface area contributed by atoms with Gasteiger partial charge in [-0.25, -0.2) is 4.79 Å². The van der Waals surface area contributed by atoms with Gasteiger partial charge in [-0.3, -0.25) is 9.48 Å². The van der Waals surface area contributed by atoms with Crippen molar-refractivity contribution in [1.82, 2.24) is 19.9 Å². The Morgan fingerprint density at radius 3 is 2.27 bits per heavy atom. The van der Waals surface area contributed by atoms with Gasteiger partial charge in [0, 0.05) is 6.20 Å². The zero-order valence-electron chi connectivity index (χ0n) is 18.4. The summed E-state index contributed by atoms with van der Waals surface area (Å²) in [6.45, 7) is 2.35. The SMILES string of the molecule is C=S1(=C)C2CC(=O)N2[C@@H](C(=O)OC(c2ccccc2)c2ccccc2)[C@]1(C)Cn1ccnn1. The van der Waals surface area contributed by atoms with E-state index in [-0.39, 0.29) is 11.3 Å². The van der Waals surface area contributed by atoms with Gasteiger partial charge in [0.2, 0.25) is 5.91 Å². The maximum atomic E-state index is 13.9. The molecule has 0 saturated carbocycles. The molecule has 1 amide bonds. The summed E-state index contributed by atoms with van der Waals surface area (Å²) in [4.78, 5) is 28.2. The molecule has 0 N–H and O–H groups in total. The van der Waals surface area contributed by atoms with Crippen LogP contribution in [0.4, 0.5) is 0 Å². The van der Waals surface area contributed by atoms with Crippen molar-refractivity contribution in [2.75, 3.05) is 0 Å². The molecule has 5 rings (SSSR count). The number of ether oxygens (including phenoxy) is 1. The average Bonchev–Trinajstić information content (AvgIpc) is 3.36. The Hall–Kier alpha value is -3.39. The van der Waals surface area contributed by atoms with Crippen molar-refractivity contribution in [1.29, 1.82) is 0 Å². The standard InChI is InChI=1S/C25H26N4O3S/c1-25(17-28-15-14-26-27-28)23(29-20(30)16-21(29)33(25,2)3)24(31)32-22(18-10-6-4-7-11-18)19-12-8-5-9-13-19/h4-15,21-23H,2-3,16-17H2,1H3/t21?,23-,25-/m0/s1. The van der Waals surface area contributed by atoms with Crippen molar-refractivity contribution >= 4 is 32.8 Å². The predicted molar refractivity (Wildman–Crippen MR) is 130 cm³/mol. The summed E-state index contributed by atoms with van der Waals surface area (Å²) in [5.41, 5.74) is 1.73. The Kier molecular flexibility index (Phi) is 5.12. The van der Waals surface area contributed by atoms with E-state index in [0.29, 0.717) is 13.0 Å². The quantitative estimate of drug-likeness (QED) is 0.320. The number of fused-ring (bicyclic) bond motifs is 1. The van der Waals surface area contributed by atoms with E-state index in [9.17, 15) is 9.59 Å². The molecular weight excluding hydrogens is 436 g/mol. The van der Waals surface area contributed by atoms with Crippen molar-refractivity contribution in [2.24, 2.45) is 0 Å². The summed E-state index contributed by atoms with van der Waals surface area (Å²) < 4.78 is 7.15. The van der Waals surface area contributed by atoms with Crippen LogP contribution >= 0.6 is 9.21 Å². The normalized spacial score (nSPS) is 25.5. The first-order valence-electron chi connectivity index (χ1n) is 10.8. The third-order valence-corrected chi connectivity index (χ3v) is 10.5. The number of benzene rings is 2. The van der Waals surface area contributed by atoms with Gasteiger partial charge in [-0.05, 0) is 18.1 Å². The van der Waals surface area contributed by atoms with Gasteiger partial charge in [-0.2, -0.15) is 9.21 Å². The van der Waals surface area contributed by atoms with Gasteiger partial charge in [0.25, 0.3) is 0 Å². The van der Waals surface area contributed by atoms with E-state index < -0.39 is 32.1 Å². The summed E-state index contributed by atoms with van der Waals surface area (Å²) >= 11 is 0. The molecule has 33 heavy (non-hydrogen) atoms. The highest BCUT2D eigenvalue weighted by atomic mass is 32.2. The number of carbonyl (C=O) groups is 2. The summed E-state index contributed by atoms with van der Waals surface area (Å²) in [5, 5.41) is 7.84. The molecule has 7 nitrogen and oxygen atoms in total. The van der Waals surface area contributed by atoms with E-state index >= 15 is 0 Å². The Labute approximate surface area is 193 Å². The van der Waals surface area contributed by atoms with E-state index in [0.717, 1.165) is 11.1 Å². The molecule has 2 aliphatic rings. The van der Waals surface area contributed by atoms with Crippen LogP contribution in [0.15, 0.2) is 73.1 Å². The van der Waals surface area contributed by atoms with E-state index in [2.05, 4.69) is 22.1 Å². The zero-order valence-corrected chi connectivity index (χ0v) is 19.2. The van der Waals surface area contributed by atoms with E-state index in [1.54, 1.807) is 22.0 Å². The topological polar surface area (TPSA) is 77.3 Å². The predicted octanol–water partition coefficient (Wildman–Crippen LogP) is 2.98. The number of carbonyl (C=O) groups excluding carboxylic acids is 2. The molecule has 1 aromatic heterocycles. The lowest BCUT2D eigenvalue weighted by atomic mass is 9.95. The number of hydrogen-bond donors (Lipinski definition) is 0. The molecule has 3 heterocycles. The smallest absolute Gasteiger partial charge is 0.331 e. The lowest BCUT2D eigenvalue weighted by molar-refractivity contribution is -0.164. The van der Waals surface area contributed by atoms with E-state index in [4.69, 9.17) is 4.74 Å². The number of aromatic nitrogens is 3. The van der Waals surface area contributed by atoms with Crippen LogP contribution in [-0.2, 0) is 20.9 Å². The largest absolute Gasteiger partial charge is 0.451 e. The molecule has 0 radical (unpaired) electrons. The van der Waals surface area contributed by atoms with Crippen molar-refractivity contribution in [2.45, 2.75) is 42.2 Å². The highest BCUT2D eigenvalue weighted by Gasteiger charge is 2.64. The van der Waals surface area contributed by atoms with Crippen molar-refractivity contribution < 1.29 is 14.3 Å². The van der Waals surface area contributed by atoms with Crippen LogP contribution in [-0.4, -0.2) is 59.7 Å². The van der Waals surface area contributed by atoms with Gasteiger partial charge in [-0.1, -0.05) is 77.6 Å². The number of β-lactam (4-membered cyclic amide) rings is 1. The number of amides is 1. The molecule has 170 valence electrons. The highest BCUT2D eigenvalue weighted by molar-refractivity contribution is 8.29. The fraction of sp³-hybridized carbons (Fsp3) is 0.280. The molecule has 3 aromatic rings. The third kappa shape index (κ3) is 3.36. The van der Waals surface area contributed by atoms with Crippen molar-refractivity contribution in [3.8, 4) is 0 Å². The minimum Gasteiger partial charge on any atom is -0.451 e. The van der Waals surface area contributed by atoms with Gasteiger partial charge in [-0.15, -0.1) is 5.10 Å². The number of rotatable bonds is 6. The number of esters is 1. The first-order valence-corrected chi connectivity index (χ1v) is 12.8. The molecule has 8 heteroatoms. The molecule has 2 aromatic carbocycles. The summed E-state index contributed by atoms with van der Waals surface area (Å²) in [7, 11) is -1.88. The van der Waals surface area contributed by atoms with Crippen LogP contribution in [0.3, 0.4) is 0 Å². The Balaban J connectivity index is 1.54. The highest BCUT2D eigenvalue weighted by Crippen LogP contribution is 2.60. The van der Waals surface area contributed by atoms with Gasteiger partial charge in [0.1, 0.15) is 6.04 Å². The van der Waals surface area contributed by atoms with E-state index in [1.165, 1.54) is 0 Å². The fourth-order valence-electron chi connectivity index (χ4n) is 4.90. The van der Waals surface area contributed by atoms with Crippen LogP contribution in [0.25, 0.3) is 0 Å². The van der Waals surface area contributed by atoms with Crippen molar-refractivity contribution in [3.63, 3.8) is 0 Å². The van der Waals surface area contributed by atoms with Gasteiger partial charge < -0.3 is 9.64 Å². The Morgan fingerprint density at radius 2 is 1.76 bits per heavy atom. The first-order chi connectivity index (χ1) is 15.8. The Morgan fingerprint density at radius 1 is 1.15 bits per heavy atom. The van der Waals surface area contributed by atoms with Crippen LogP contribution in [0.2, 0.25) is 0 Å². The summed E-state index contributed by atoms with van der Waals surface area (Å²) in [6, 6.07) is 18.5. The average molecular weight is 463 g/mol.